The van der Waals surface area contributed by atoms with E-state index < -0.39 is 0 Å². The van der Waals surface area contributed by atoms with E-state index in [4.69, 9.17) is 5.11 Å². The SMILES string of the molecule is CCC(CCO)NC(=O)C1NCCc2ccccc21. The number of aliphatic hydroxyl groups excluding tert-OH is 1. The van der Waals surface area contributed by atoms with Crippen LogP contribution >= 0.6 is 0 Å². The third kappa shape index (κ3) is 3.33. The first-order chi connectivity index (χ1) is 9.26. The molecule has 1 aliphatic heterocycles. The summed E-state index contributed by atoms with van der Waals surface area (Å²) in [6.45, 7) is 2.95. The van der Waals surface area contributed by atoms with Gasteiger partial charge in [0.25, 0.3) is 0 Å². The summed E-state index contributed by atoms with van der Waals surface area (Å²) in [5.74, 6) is 0.00690. The highest BCUT2D eigenvalue weighted by Crippen LogP contribution is 2.22. The van der Waals surface area contributed by atoms with Crippen LogP contribution in [0.3, 0.4) is 0 Å². The number of amides is 1. The molecule has 0 aromatic heterocycles. The van der Waals surface area contributed by atoms with E-state index in [1.807, 2.05) is 25.1 Å². The Morgan fingerprint density at radius 3 is 3.05 bits per heavy atom. The summed E-state index contributed by atoms with van der Waals surface area (Å²) in [5, 5.41) is 15.3. The molecule has 0 saturated carbocycles. The number of hydrogen-bond donors (Lipinski definition) is 3. The third-order valence-corrected chi connectivity index (χ3v) is 3.69. The van der Waals surface area contributed by atoms with E-state index in [0.29, 0.717) is 6.42 Å². The smallest absolute Gasteiger partial charge is 0.241 e. The molecule has 0 saturated heterocycles. The lowest BCUT2D eigenvalue weighted by atomic mass is 9.93. The lowest BCUT2D eigenvalue weighted by Crippen LogP contribution is -2.45. The van der Waals surface area contributed by atoms with Crippen molar-refractivity contribution < 1.29 is 9.90 Å². The van der Waals surface area contributed by atoms with Crippen LogP contribution in [-0.4, -0.2) is 30.2 Å². The standard InChI is InChI=1S/C15H22N2O2/c1-2-12(8-10-18)17-15(19)14-13-6-4-3-5-11(13)7-9-16-14/h3-6,12,14,16,18H,2,7-10H2,1H3,(H,17,19). The van der Waals surface area contributed by atoms with Crippen LogP contribution in [0, 0.1) is 0 Å². The van der Waals surface area contributed by atoms with Crippen LogP contribution in [0.5, 0.6) is 0 Å². The number of carbonyl (C=O) groups is 1. The fourth-order valence-electron chi connectivity index (χ4n) is 2.56. The molecule has 104 valence electrons. The first-order valence-electron chi connectivity index (χ1n) is 6.98. The topological polar surface area (TPSA) is 61.4 Å². The van der Waals surface area contributed by atoms with E-state index in [0.717, 1.165) is 24.9 Å². The number of rotatable bonds is 5. The van der Waals surface area contributed by atoms with Crippen molar-refractivity contribution in [3.63, 3.8) is 0 Å². The lowest BCUT2D eigenvalue weighted by Gasteiger charge is -2.27. The van der Waals surface area contributed by atoms with Crippen LogP contribution in [-0.2, 0) is 11.2 Å². The molecule has 0 aliphatic carbocycles. The van der Waals surface area contributed by atoms with Crippen molar-refractivity contribution in [1.82, 2.24) is 10.6 Å². The van der Waals surface area contributed by atoms with E-state index in [9.17, 15) is 4.79 Å². The first-order valence-corrected chi connectivity index (χ1v) is 6.98. The molecule has 19 heavy (non-hydrogen) atoms. The van der Waals surface area contributed by atoms with Crippen molar-refractivity contribution in [2.45, 2.75) is 38.3 Å². The molecule has 1 heterocycles. The second-order valence-electron chi connectivity index (χ2n) is 4.96. The maximum Gasteiger partial charge on any atom is 0.241 e. The number of fused-ring (bicyclic) bond motifs is 1. The van der Waals surface area contributed by atoms with Gasteiger partial charge in [0.15, 0.2) is 0 Å². The van der Waals surface area contributed by atoms with Crippen molar-refractivity contribution in [2.75, 3.05) is 13.2 Å². The monoisotopic (exact) mass is 262 g/mol. The first kappa shape index (κ1) is 14.0. The van der Waals surface area contributed by atoms with E-state index >= 15 is 0 Å². The summed E-state index contributed by atoms with van der Waals surface area (Å²) in [6, 6.07) is 7.86. The Labute approximate surface area is 114 Å². The summed E-state index contributed by atoms with van der Waals surface area (Å²) in [6.07, 6.45) is 2.41. The molecule has 2 unspecified atom stereocenters. The van der Waals surface area contributed by atoms with Crippen LogP contribution in [0.25, 0.3) is 0 Å². The highest BCUT2D eigenvalue weighted by Gasteiger charge is 2.26. The van der Waals surface area contributed by atoms with Gasteiger partial charge >= 0.3 is 0 Å². The average molecular weight is 262 g/mol. The number of carbonyl (C=O) groups excluding carboxylic acids is 1. The zero-order chi connectivity index (χ0) is 13.7. The maximum atomic E-state index is 12.3. The number of nitrogens with one attached hydrogen (secondary N) is 2. The molecule has 4 heteroatoms. The minimum atomic E-state index is -0.266. The second-order valence-corrected chi connectivity index (χ2v) is 4.96. The van der Waals surface area contributed by atoms with Gasteiger partial charge in [0.1, 0.15) is 6.04 Å². The summed E-state index contributed by atoms with van der Waals surface area (Å²) in [4.78, 5) is 12.3. The molecular formula is C15H22N2O2. The average Bonchev–Trinajstić information content (AvgIpc) is 2.46. The van der Waals surface area contributed by atoms with Gasteiger partial charge in [0, 0.05) is 19.2 Å². The van der Waals surface area contributed by atoms with Crippen LogP contribution < -0.4 is 10.6 Å². The minimum Gasteiger partial charge on any atom is -0.396 e. The number of aliphatic hydroxyl groups is 1. The molecule has 1 aliphatic rings. The normalized spacial score (nSPS) is 19.6. The van der Waals surface area contributed by atoms with Gasteiger partial charge in [-0.15, -0.1) is 0 Å². The van der Waals surface area contributed by atoms with Gasteiger partial charge in [-0.25, -0.2) is 0 Å². The molecule has 1 aromatic carbocycles. The van der Waals surface area contributed by atoms with Crippen LogP contribution in [0.15, 0.2) is 24.3 Å². The van der Waals surface area contributed by atoms with Crippen LogP contribution in [0.1, 0.15) is 36.9 Å². The summed E-state index contributed by atoms with van der Waals surface area (Å²) in [5.41, 5.74) is 2.32. The van der Waals surface area contributed by atoms with Gasteiger partial charge in [0.2, 0.25) is 5.91 Å². The van der Waals surface area contributed by atoms with Gasteiger partial charge in [-0.05, 0) is 30.4 Å². The van der Waals surface area contributed by atoms with Crippen molar-refractivity contribution in [3.8, 4) is 0 Å². The predicted octanol–water partition coefficient (Wildman–Crippen LogP) is 1.15. The Hall–Kier alpha value is -1.39. The Balaban J connectivity index is 2.08. The molecule has 4 nitrogen and oxygen atoms in total. The van der Waals surface area contributed by atoms with Crippen molar-refractivity contribution in [3.05, 3.63) is 35.4 Å². The van der Waals surface area contributed by atoms with E-state index in [-0.39, 0.29) is 24.6 Å². The Bertz CT molecular complexity index is 434. The van der Waals surface area contributed by atoms with Gasteiger partial charge in [-0.1, -0.05) is 31.2 Å². The quantitative estimate of drug-likeness (QED) is 0.746. The highest BCUT2D eigenvalue weighted by atomic mass is 16.3. The second kappa shape index (κ2) is 6.68. The minimum absolute atomic E-state index is 0.00690. The molecular weight excluding hydrogens is 240 g/mol. The summed E-state index contributed by atoms with van der Waals surface area (Å²) < 4.78 is 0. The van der Waals surface area contributed by atoms with Crippen molar-refractivity contribution in [2.24, 2.45) is 0 Å². The number of benzene rings is 1. The van der Waals surface area contributed by atoms with Crippen LogP contribution in [0.2, 0.25) is 0 Å². The Kier molecular flexibility index (Phi) is 4.93. The van der Waals surface area contributed by atoms with Gasteiger partial charge < -0.3 is 15.7 Å². The molecule has 1 aromatic rings. The Morgan fingerprint density at radius 2 is 2.32 bits per heavy atom. The Morgan fingerprint density at radius 1 is 1.53 bits per heavy atom. The number of hydrogen-bond acceptors (Lipinski definition) is 3. The lowest BCUT2D eigenvalue weighted by molar-refractivity contribution is -0.124. The van der Waals surface area contributed by atoms with Gasteiger partial charge in [-0.3, -0.25) is 4.79 Å². The molecule has 1 amide bonds. The van der Waals surface area contributed by atoms with Gasteiger partial charge in [0.05, 0.1) is 0 Å². The molecule has 0 spiro atoms. The molecule has 2 rings (SSSR count). The van der Waals surface area contributed by atoms with Gasteiger partial charge in [-0.2, -0.15) is 0 Å². The predicted molar refractivity (Wildman–Crippen MR) is 74.8 cm³/mol. The molecule has 2 atom stereocenters. The van der Waals surface area contributed by atoms with E-state index in [1.54, 1.807) is 0 Å². The molecule has 3 N–H and O–H groups in total. The third-order valence-electron chi connectivity index (χ3n) is 3.69. The van der Waals surface area contributed by atoms with Crippen molar-refractivity contribution in [1.29, 1.82) is 0 Å². The fourth-order valence-corrected chi connectivity index (χ4v) is 2.56. The van der Waals surface area contributed by atoms with Crippen molar-refractivity contribution >= 4 is 5.91 Å². The fraction of sp³-hybridized carbons (Fsp3) is 0.533. The van der Waals surface area contributed by atoms with Crippen LogP contribution in [0.4, 0.5) is 0 Å². The zero-order valence-corrected chi connectivity index (χ0v) is 11.4. The van der Waals surface area contributed by atoms with E-state index in [2.05, 4.69) is 16.7 Å². The molecule has 0 fully saturated rings. The highest BCUT2D eigenvalue weighted by molar-refractivity contribution is 5.84. The largest absolute Gasteiger partial charge is 0.396 e. The summed E-state index contributed by atoms with van der Waals surface area (Å²) >= 11 is 0. The maximum absolute atomic E-state index is 12.3. The summed E-state index contributed by atoms with van der Waals surface area (Å²) in [7, 11) is 0. The zero-order valence-electron chi connectivity index (χ0n) is 11.4. The molecule has 0 radical (unpaired) electrons. The van der Waals surface area contributed by atoms with E-state index in [1.165, 1.54) is 5.56 Å². The molecule has 0 bridgehead atoms.